The fourth-order valence-electron chi connectivity index (χ4n) is 5.90. The summed E-state index contributed by atoms with van der Waals surface area (Å²) in [5, 5.41) is 8.81. The van der Waals surface area contributed by atoms with E-state index >= 15 is 0 Å². The number of fused-ring (bicyclic) bond motifs is 1. The van der Waals surface area contributed by atoms with Crippen LogP contribution in [0.15, 0.2) is 35.5 Å². The van der Waals surface area contributed by atoms with E-state index < -0.39 is 0 Å². The maximum Gasteiger partial charge on any atom is 0.263 e. The summed E-state index contributed by atoms with van der Waals surface area (Å²) >= 11 is 1.26. The van der Waals surface area contributed by atoms with Gasteiger partial charge in [-0.15, -0.1) is 5.10 Å². The van der Waals surface area contributed by atoms with Crippen molar-refractivity contribution in [2.75, 3.05) is 6.61 Å². The Kier molecular flexibility index (Phi) is 4.62. The normalized spacial score (nSPS) is 19.1. The van der Waals surface area contributed by atoms with Gasteiger partial charge in [-0.3, -0.25) is 14.2 Å². The van der Waals surface area contributed by atoms with Crippen molar-refractivity contribution in [1.82, 2.24) is 29.3 Å². The van der Waals surface area contributed by atoms with Gasteiger partial charge in [0.1, 0.15) is 0 Å². The third-order valence-corrected chi connectivity index (χ3v) is 8.72. The summed E-state index contributed by atoms with van der Waals surface area (Å²) in [5.41, 5.74) is 3.50. The molecule has 3 saturated carbocycles. The highest BCUT2D eigenvalue weighted by molar-refractivity contribution is 7.98. The Balaban J connectivity index is 1.05. The molecule has 0 unspecified atom stereocenters. The molecule has 0 atom stereocenters. The van der Waals surface area contributed by atoms with Crippen molar-refractivity contribution < 1.29 is 9.53 Å². The maximum absolute atomic E-state index is 12.6. The van der Waals surface area contributed by atoms with Crippen LogP contribution in [0.5, 0.6) is 5.88 Å². The molecule has 3 aliphatic carbocycles. The highest BCUT2D eigenvalue weighted by Crippen LogP contribution is 2.93. The molecule has 3 aliphatic rings. The van der Waals surface area contributed by atoms with E-state index in [1.54, 1.807) is 21.5 Å². The van der Waals surface area contributed by atoms with Crippen molar-refractivity contribution >= 4 is 17.9 Å². The Morgan fingerprint density at radius 1 is 1.15 bits per heavy atom. The summed E-state index contributed by atoms with van der Waals surface area (Å²) in [6, 6.07) is 5.46. The van der Waals surface area contributed by atoms with Crippen LogP contribution < -0.4 is 9.46 Å². The number of amides is 1. The molecule has 0 bridgehead atoms. The molecule has 1 amide bonds. The van der Waals surface area contributed by atoms with Gasteiger partial charge in [0.25, 0.3) is 5.91 Å². The summed E-state index contributed by atoms with van der Waals surface area (Å²) in [4.78, 5) is 18.1. The number of rotatable bonds is 8. The molecular weight excluding hydrogens is 436 g/mol. The van der Waals surface area contributed by atoms with Crippen molar-refractivity contribution in [3.05, 3.63) is 47.5 Å². The van der Waals surface area contributed by atoms with E-state index in [4.69, 9.17) is 4.74 Å². The molecule has 0 aromatic carbocycles. The molecule has 6 rings (SSSR count). The Labute approximate surface area is 197 Å². The van der Waals surface area contributed by atoms with Crippen molar-refractivity contribution in [2.45, 2.75) is 50.8 Å². The van der Waals surface area contributed by atoms with Gasteiger partial charge in [0.2, 0.25) is 5.88 Å². The van der Waals surface area contributed by atoms with Crippen molar-refractivity contribution in [2.24, 2.45) is 23.8 Å². The van der Waals surface area contributed by atoms with Gasteiger partial charge in [0, 0.05) is 25.5 Å². The summed E-state index contributed by atoms with van der Waals surface area (Å²) in [7, 11) is 1.86. The van der Waals surface area contributed by atoms with Crippen LogP contribution in [0.4, 0.5) is 0 Å². The number of carbonyl (C=O) groups is 1. The van der Waals surface area contributed by atoms with E-state index in [1.165, 1.54) is 37.6 Å². The second kappa shape index (κ2) is 7.35. The Hall–Kier alpha value is -2.81. The molecule has 3 heterocycles. The van der Waals surface area contributed by atoms with E-state index in [0.717, 1.165) is 40.4 Å². The van der Waals surface area contributed by atoms with Gasteiger partial charge >= 0.3 is 0 Å². The Morgan fingerprint density at radius 2 is 1.91 bits per heavy atom. The predicted molar refractivity (Wildman–Crippen MR) is 124 cm³/mol. The zero-order valence-corrected chi connectivity index (χ0v) is 20.0. The first kappa shape index (κ1) is 20.8. The first-order valence-electron chi connectivity index (χ1n) is 11.6. The molecule has 0 saturated heterocycles. The Morgan fingerprint density at radius 3 is 2.55 bits per heavy atom. The molecule has 3 fully saturated rings. The highest BCUT2D eigenvalue weighted by atomic mass is 32.2. The molecule has 3 aromatic rings. The summed E-state index contributed by atoms with van der Waals surface area (Å²) < 4.78 is 12.2. The number of aromatic nitrogens is 5. The lowest BCUT2D eigenvalue weighted by molar-refractivity contribution is 0.0983. The third-order valence-electron chi connectivity index (χ3n) is 7.81. The smallest absolute Gasteiger partial charge is 0.263 e. The summed E-state index contributed by atoms with van der Waals surface area (Å²) in [5.74, 6) is 1.97. The van der Waals surface area contributed by atoms with Crippen molar-refractivity contribution in [3.63, 3.8) is 0 Å². The van der Waals surface area contributed by atoms with Crippen LogP contribution in [0.2, 0.25) is 0 Å². The number of ether oxygens (including phenoxy) is 1. The van der Waals surface area contributed by atoms with Crippen LogP contribution in [-0.2, 0) is 7.05 Å². The van der Waals surface area contributed by atoms with Gasteiger partial charge in [0.05, 0.1) is 28.5 Å². The van der Waals surface area contributed by atoms with Gasteiger partial charge < -0.3 is 4.74 Å². The number of nitrogens with zero attached hydrogens (tertiary/aromatic N) is 5. The number of aryl methyl sites for hydroxylation is 3. The van der Waals surface area contributed by atoms with Crippen LogP contribution in [0.25, 0.3) is 5.82 Å². The molecular formula is C24H28N6O2S. The first-order valence-corrected chi connectivity index (χ1v) is 12.4. The molecule has 0 aliphatic heterocycles. The fraction of sp³-hybridized carbons (Fsp3) is 0.500. The topological polar surface area (TPSA) is 86.9 Å². The zero-order chi connectivity index (χ0) is 22.8. The van der Waals surface area contributed by atoms with E-state index in [0.29, 0.717) is 23.0 Å². The fourth-order valence-corrected chi connectivity index (χ4v) is 6.60. The van der Waals surface area contributed by atoms with Crippen LogP contribution >= 0.6 is 11.9 Å². The molecule has 8 nitrogen and oxygen atoms in total. The van der Waals surface area contributed by atoms with E-state index in [1.807, 2.05) is 39.4 Å². The molecule has 2 spiro atoms. The quantitative estimate of drug-likeness (QED) is 0.507. The number of nitrogens with one attached hydrogen (secondary N) is 1. The second-order valence-electron chi connectivity index (χ2n) is 9.69. The Bertz CT molecular complexity index is 1220. The number of carbonyl (C=O) groups excluding carboxylic acids is 1. The summed E-state index contributed by atoms with van der Waals surface area (Å²) in [6.07, 6.45) is 10.6. The average molecular weight is 465 g/mol. The molecule has 9 heteroatoms. The number of pyridine rings is 1. The van der Waals surface area contributed by atoms with E-state index in [9.17, 15) is 4.79 Å². The minimum absolute atomic E-state index is 0.189. The highest BCUT2D eigenvalue weighted by Gasteiger charge is 2.85. The van der Waals surface area contributed by atoms with Gasteiger partial charge in [-0.05, 0) is 86.8 Å². The predicted octanol–water partition coefficient (Wildman–Crippen LogP) is 4.01. The molecule has 172 valence electrons. The monoisotopic (exact) mass is 464 g/mol. The first-order chi connectivity index (χ1) is 15.9. The largest absolute Gasteiger partial charge is 0.477 e. The van der Waals surface area contributed by atoms with Crippen molar-refractivity contribution in [3.8, 4) is 11.7 Å². The lowest BCUT2D eigenvalue weighted by atomic mass is 10.2. The molecule has 33 heavy (non-hydrogen) atoms. The third kappa shape index (κ3) is 3.44. The summed E-state index contributed by atoms with van der Waals surface area (Å²) in [6.45, 7) is 4.47. The zero-order valence-electron chi connectivity index (χ0n) is 19.2. The minimum atomic E-state index is -0.189. The number of hydrogen-bond acceptors (Lipinski definition) is 6. The number of hydrogen-bond donors (Lipinski definition) is 1. The second-order valence-corrected chi connectivity index (χ2v) is 10.5. The van der Waals surface area contributed by atoms with Crippen LogP contribution in [-0.4, -0.2) is 37.1 Å². The lowest BCUT2D eigenvalue weighted by Gasteiger charge is -2.08. The van der Waals surface area contributed by atoms with Crippen molar-refractivity contribution in [1.29, 1.82) is 0 Å². The van der Waals surface area contributed by atoms with E-state index in [-0.39, 0.29) is 5.91 Å². The molecule has 0 radical (unpaired) electrons. The minimum Gasteiger partial charge on any atom is -0.477 e. The van der Waals surface area contributed by atoms with E-state index in [2.05, 4.69) is 19.9 Å². The van der Waals surface area contributed by atoms with Gasteiger partial charge in [-0.1, -0.05) is 0 Å². The molecule has 1 N–H and O–H groups in total. The standard InChI is InChI=1S/C24H28N6O2S/c1-15-17(22(31)28-33-18-14-29(3)26-16(18)2)4-5-20(25-15)30-12-6-21(27-30)32-13-7-19-23(8-9-23)24(19)10-11-24/h4-6,12,14,19H,7-11,13H2,1-3H3,(H,28,31). The lowest BCUT2D eigenvalue weighted by Crippen LogP contribution is -2.18. The average Bonchev–Trinajstić information content (AvgIpc) is 3.73. The van der Waals surface area contributed by atoms with Crippen LogP contribution in [0.3, 0.4) is 0 Å². The van der Waals surface area contributed by atoms with Crippen LogP contribution in [0.1, 0.15) is 53.8 Å². The van der Waals surface area contributed by atoms with Gasteiger partial charge in [0.15, 0.2) is 5.82 Å². The molecule has 3 aromatic heterocycles. The maximum atomic E-state index is 12.6. The van der Waals surface area contributed by atoms with Gasteiger partial charge in [-0.2, -0.15) is 5.10 Å². The SMILES string of the molecule is Cc1nn(C)cc1SNC(=O)c1ccc(-n2ccc(OCCC3C4(CC4)C34CC4)n2)nc1C. The van der Waals surface area contributed by atoms with Crippen LogP contribution in [0, 0.1) is 30.6 Å². The van der Waals surface area contributed by atoms with Gasteiger partial charge in [-0.25, -0.2) is 9.67 Å².